The smallest absolute Gasteiger partial charge is 0.264 e. The van der Waals surface area contributed by atoms with Crippen molar-refractivity contribution in [2.24, 2.45) is 0 Å². The average Bonchev–Trinajstić information content (AvgIpc) is 2.31. The molecule has 0 radical (unpaired) electrons. The molecule has 8 heteroatoms. The molecule has 112 valence electrons. The number of anilines is 2. The van der Waals surface area contributed by atoms with Gasteiger partial charge in [-0.1, -0.05) is 40.9 Å². The van der Waals surface area contributed by atoms with Gasteiger partial charge in [0, 0.05) is 5.69 Å². The largest absolute Gasteiger partial charge is 0.399 e. The quantitative estimate of drug-likeness (QED) is 0.795. The standard InChI is InChI=1S/C13H11Cl3N2O2S/c1-7-2-3-9(14)12(4-7)18-21(19,20)13-10(15)5-8(17)6-11(13)16/h2-6,18H,17H2,1H3. The van der Waals surface area contributed by atoms with Crippen molar-refractivity contribution >= 4 is 56.2 Å². The van der Waals surface area contributed by atoms with Gasteiger partial charge in [-0.3, -0.25) is 4.72 Å². The van der Waals surface area contributed by atoms with Crippen LogP contribution < -0.4 is 10.5 Å². The average molecular weight is 366 g/mol. The van der Waals surface area contributed by atoms with Crippen LogP contribution in [-0.4, -0.2) is 8.42 Å². The SMILES string of the molecule is Cc1ccc(Cl)c(NS(=O)(=O)c2c(Cl)cc(N)cc2Cl)c1. The summed E-state index contributed by atoms with van der Waals surface area (Å²) in [5.74, 6) is 0. The van der Waals surface area contributed by atoms with Crippen LogP contribution in [0.4, 0.5) is 11.4 Å². The number of benzene rings is 2. The molecule has 0 unspecified atom stereocenters. The molecule has 2 rings (SSSR count). The molecule has 2 aromatic rings. The van der Waals surface area contributed by atoms with Crippen LogP contribution in [0.5, 0.6) is 0 Å². The molecule has 2 aromatic carbocycles. The van der Waals surface area contributed by atoms with E-state index in [0.717, 1.165) is 5.56 Å². The third kappa shape index (κ3) is 3.55. The van der Waals surface area contributed by atoms with E-state index in [1.165, 1.54) is 12.1 Å². The topological polar surface area (TPSA) is 72.2 Å². The number of nitrogen functional groups attached to an aromatic ring is 1. The number of nitrogens with two attached hydrogens (primary N) is 1. The highest BCUT2D eigenvalue weighted by Gasteiger charge is 2.23. The van der Waals surface area contributed by atoms with Crippen molar-refractivity contribution in [1.29, 1.82) is 0 Å². The Hall–Kier alpha value is -1.14. The molecule has 0 saturated heterocycles. The molecule has 0 aliphatic rings. The Labute approximate surface area is 137 Å². The number of hydrogen-bond donors (Lipinski definition) is 2. The molecule has 0 bridgehead atoms. The van der Waals surface area contributed by atoms with E-state index < -0.39 is 10.0 Å². The van der Waals surface area contributed by atoms with Crippen molar-refractivity contribution in [2.75, 3.05) is 10.5 Å². The van der Waals surface area contributed by atoms with Crippen molar-refractivity contribution in [3.63, 3.8) is 0 Å². The molecule has 0 amide bonds. The second-order valence-corrected chi connectivity index (χ2v) is 7.24. The monoisotopic (exact) mass is 364 g/mol. The van der Waals surface area contributed by atoms with Crippen molar-refractivity contribution in [1.82, 2.24) is 0 Å². The minimum Gasteiger partial charge on any atom is -0.399 e. The molecule has 0 aliphatic carbocycles. The van der Waals surface area contributed by atoms with E-state index in [2.05, 4.69) is 4.72 Å². The Balaban J connectivity index is 2.51. The molecule has 0 saturated carbocycles. The van der Waals surface area contributed by atoms with E-state index in [-0.39, 0.29) is 31.3 Å². The molecular formula is C13H11Cl3N2O2S. The molecule has 0 aromatic heterocycles. The summed E-state index contributed by atoms with van der Waals surface area (Å²) < 4.78 is 27.3. The summed E-state index contributed by atoms with van der Waals surface area (Å²) in [5.41, 5.74) is 6.94. The number of sulfonamides is 1. The summed E-state index contributed by atoms with van der Waals surface area (Å²) in [6, 6.07) is 7.61. The lowest BCUT2D eigenvalue weighted by Crippen LogP contribution is -2.14. The van der Waals surface area contributed by atoms with Crippen LogP contribution in [0, 0.1) is 6.92 Å². The zero-order valence-corrected chi connectivity index (χ0v) is 13.9. The van der Waals surface area contributed by atoms with Crippen molar-refractivity contribution in [2.45, 2.75) is 11.8 Å². The van der Waals surface area contributed by atoms with Crippen molar-refractivity contribution in [3.05, 3.63) is 51.0 Å². The summed E-state index contributed by atoms with van der Waals surface area (Å²) in [6.07, 6.45) is 0. The van der Waals surface area contributed by atoms with E-state index in [1.54, 1.807) is 18.2 Å². The summed E-state index contributed by atoms with van der Waals surface area (Å²) in [5, 5.41) is 0.152. The first-order chi connectivity index (χ1) is 9.70. The number of hydrogen-bond acceptors (Lipinski definition) is 3. The predicted octanol–water partition coefficient (Wildman–Crippen LogP) is 4.34. The van der Waals surface area contributed by atoms with Crippen LogP contribution >= 0.6 is 34.8 Å². The van der Waals surface area contributed by atoms with E-state index in [9.17, 15) is 8.42 Å². The van der Waals surface area contributed by atoms with Gasteiger partial charge in [0.05, 0.1) is 20.8 Å². The number of nitrogens with one attached hydrogen (secondary N) is 1. The van der Waals surface area contributed by atoms with Gasteiger partial charge in [0.25, 0.3) is 10.0 Å². The Bertz CT molecular complexity index is 784. The number of rotatable bonds is 3. The Morgan fingerprint density at radius 1 is 1.00 bits per heavy atom. The molecular weight excluding hydrogens is 355 g/mol. The molecule has 0 aliphatic heterocycles. The van der Waals surface area contributed by atoms with Crippen LogP contribution in [0.15, 0.2) is 35.2 Å². The predicted molar refractivity (Wildman–Crippen MR) is 87.9 cm³/mol. The third-order valence-electron chi connectivity index (χ3n) is 2.66. The highest BCUT2D eigenvalue weighted by atomic mass is 35.5. The first-order valence-corrected chi connectivity index (χ1v) is 8.36. The molecule has 0 atom stereocenters. The zero-order chi connectivity index (χ0) is 15.8. The van der Waals surface area contributed by atoms with Gasteiger partial charge in [0.2, 0.25) is 0 Å². The van der Waals surface area contributed by atoms with Gasteiger partial charge in [0.1, 0.15) is 4.90 Å². The molecule has 3 N–H and O–H groups in total. The van der Waals surface area contributed by atoms with Crippen molar-refractivity contribution in [3.8, 4) is 0 Å². The molecule has 0 heterocycles. The van der Waals surface area contributed by atoms with Gasteiger partial charge < -0.3 is 5.73 Å². The molecule has 0 fully saturated rings. The zero-order valence-electron chi connectivity index (χ0n) is 10.8. The summed E-state index contributed by atoms with van der Waals surface area (Å²) in [7, 11) is -3.98. The lowest BCUT2D eigenvalue weighted by atomic mass is 10.2. The lowest BCUT2D eigenvalue weighted by Gasteiger charge is -2.13. The van der Waals surface area contributed by atoms with Gasteiger partial charge in [-0.2, -0.15) is 0 Å². The van der Waals surface area contributed by atoms with E-state index in [1.807, 2.05) is 6.92 Å². The van der Waals surface area contributed by atoms with Crippen molar-refractivity contribution < 1.29 is 8.42 Å². The van der Waals surface area contributed by atoms with Gasteiger partial charge in [0.15, 0.2) is 0 Å². The fraction of sp³-hybridized carbons (Fsp3) is 0.0769. The van der Waals surface area contributed by atoms with E-state index in [4.69, 9.17) is 40.5 Å². The number of halogens is 3. The van der Waals surface area contributed by atoms with Gasteiger partial charge in [-0.15, -0.1) is 0 Å². The summed E-state index contributed by atoms with van der Waals surface area (Å²) >= 11 is 17.9. The van der Waals surface area contributed by atoms with Crippen LogP contribution in [0.25, 0.3) is 0 Å². The van der Waals surface area contributed by atoms with E-state index >= 15 is 0 Å². The lowest BCUT2D eigenvalue weighted by molar-refractivity contribution is 0.601. The minimum absolute atomic E-state index is 0.0590. The fourth-order valence-electron chi connectivity index (χ4n) is 1.75. The molecule has 0 spiro atoms. The van der Waals surface area contributed by atoms with Crippen LogP contribution in [0.3, 0.4) is 0 Å². The van der Waals surface area contributed by atoms with Crippen LogP contribution in [0.2, 0.25) is 15.1 Å². The first kappa shape index (κ1) is 16.2. The second kappa shape index (κ2) is 5.93. The second-order valence-electron chi connectivity index (χ2n) is 4.40. The molecule has 21 heavy (non-hydrogen) atoms. The fourth-order valence-corrected chi connectivity index (χ4v) is 4.28. The van der Waals surface area contributed by atoms with Gasteiger partial charge in [-0.25, -0.2) is 8.42 Å². The maximum atomic E-state index is 12.4. The maximum absolute atomic E-state index is 12.4. The first-order valence-electron chi connectivity index (χ1n) is 5.74. The molecule has 4 nitrogen and oxygen atoms in total. The maximum Gasteiger partial charge on any atom is 0.264 e. The minimum atomic E-state index is -3.98. The highest BCUT2D eigenvalue weighted by molar-refractivity contribution is 7.93. The summed E-state index contributed by atoms with van der Waals surface area (Å²) in [6.45, 7) is 1.82. The van der Waals surface area contributed by atoms with E-state index in [0.29, 0.717) is 0 Å². The third-order valence-corrected chi connectivity index (χ3v) is 5.27. The van der Waals surface area contributed by atoms with Crippen LogP contribution in [-0.2, 0) is 10.0 Å². The Morgan fingerprint density at radius 2 is 1.57 bits per heavy atom. The summed E-state index contributed by atoms with van der Waals surface area (Å²) in [4.78, 5) is -0.238. The Morgan fingerprint density at radius 3 is 2.14 bits per heavy atom. The normalized spacial score (nSPS) is 11.4. The van der Waals surface area contributed by atoms with Crippen LogP contribution in [0.1, 0.15) is 5.56 Å². The van der Waals surface area contributed by atoms with Gasteiger partial charge in [-0.05, 0) is 36.8 Å². The van der Waals surface area contributed by atoms with Gasteiger partial charge >= 0.3 is 0 Å². The highest BCUT2D eigenvalue weighted by Crippen LogP contribution is 2.34. The Kier molecular flexibility index (Phi) is 4.58. The number of aryl methyl sites for hydroxylation is 1.